The molecule has 1 heteroatoms. The van der Waals surface area contributed by atoms with Crippen molar-refractivity contribution in [3.63, 3.8) is 0 Å². The Bertz CT molecular complexity index is 401. The molecule has 0 saturated carbocycles. The van der Waals surface area contributed by atoms with Crippen LogP contribution in [0.3, 0.4) is 0 Å². The van der Waals surface area contributed by atoms with Gasteiger partial charge in [-0.1, -0.05) is 49.2 Å². The van der Waals surface area contributed by atoms with E-state index in [0.717, 1.165) is 19.3 Å². The average molecular weight is 230 g/mol. The molecule has 0 aromatic heterocycles. The Hall–Kier alpha value is -1.08. The Balaban J connectivity index is 2.36. The Morgan fingerprint density at radius 1 is 1.24 bits per heavy atom. The lowest BCUT2D eigenvalue weighted by molar-refractivity contribution is 0.121. The third-order valence-corrected chi connectivity index (χ3v) is 3.70. The SMILES string of the molecule is CCCCC1=C(c2ccccc2)C(C)(O)CC1. The molecule has 0 spiro atoms. The molecule has 1 nitrogen and oxygen atoms in total. The second-order valence-corrected chi connectivity index (χ2v) is 5.22. The topological polar surface area (TPSA) is 20.2 Å². The first-order valence-corrected chi connectivity index (χ1v) is 6.65. The maximum Gasteiger partial charge on any atom is 0.0876 e. The fraction of sp³-hybridized carbons (Fsp3) is 0.500. The molecule has 1 aromatic carbocycles. The normalized spacial score (nSPS) is 24.4. The summed E-state index contributed by atoms with van der Waals surface area (Å²) in [4.78, 5) is 0. The van der Waals surface area contributed by atoms with Crippen molar-refractivity contribution >= 4 is 5.57 Å². The molecule has 0 saturated heterocycles. The monoisotopic (exact) mass is 230 g/mol. The zero-order valence-electron chi connectivity index (χ0n) is 10.9. The summed E-state index contributed by atoms with van der Waals surface area (Å²) >= 11 is 0. The molecule has 1 aliphatic rings. The molecule has 92 valence electrons. The van der Waals surface area contributed by atoms with Crippen molar-refractivity contribution in [2.45, 2.75) is 51.6 Å². The van der Waals surface area contributed by atoms with Gasteiger partial charge in [-0.05, 0) is 43.7 Å². The molecule has 1 atom stereocenters. The van der Waals surface area contributed by atoms with Crippen molar-refractivity contribution in [3.05, 3.63) is 41.5 Å². The first-order chi connectivity index (χ1) is 8.15. The molecule has 1 aliphatic carbocycles. The Morgan fingerprint density at radius 2 is 1.94 bits per heavy atom. The zero-order valence-corrected chi connectivity index (χ0v) is 10.9. The van der Waals surface area contributed by atoms with E-state index >= 15 is 0 Å². The summed E-state index contributed by atoms with van der Waals surface area (Å²) in [6.45, 7) is 4.17. The fourth-order valence-corrected chi connectivity index (χ4v) is 2.79. The molecule has 1 unspecified atom stereocenters. The van der Waals surface area contributed by atoms with Gasteiger partial charge in [0.1, 0.15) is 0 Å². The number of unbranched alkanes of at least 4 members (excludes halogenated alkanes) is 1. The minimum absolute atomic E-state index is 0.634. The lowest BCUT2D eigenvalue weighted by Gasteiger charge is -2.22. The zero-order chi connectivity index (χ0) is 12.3. The van der Waals surface area contributed by atoms with Gasteiger partial charge in [0.05, 0.1) is 5.60 Å². The lowest BCUT2D eigenvalue weighted by Crippen LogP contribution is -2.22. The standard InChI is InChI=1S/C16H22O/c1-3-4-8-14-11-12-16(2,17)15(14)13-9-6-5-7-10-13/h5-7,9-10,17H,3-4,8,11-12H2,1-2H3. The van der Waals surface area contributed by atoms with Crippen molar-refractivity contribution in [3.8, 4) is 0 Å². The molecule has 1 aromatic rings. The highest BCUT2D eigenvalue weighted by Crippen LogP contribution is 2.43. The molecule has 0 aliphatic heterocycles. The van der Waals surface area contributed by atoms with Crippen LogP contribution in [0.4, 0.5) is 0 Å². The summed E-state index contributed by atoms with van der Waals surface area (Å²) < 4.78 is 0. The number of hydrogen-bond acceptors (Lipinski definition) is 1. The van der Waals surface area contributed by atoms with Crippen LogP contribution in [0.1, 0.15) is 51.5 Å². The van der Waals surface area contributed by atoms with Crippen LogP contribution in [0.15, 0.2) is 35.9 Å². The fourth-order valence-electron chi connectivity index (χ4n) is 2.79. The molecule has 0 bridgehead atoms. The van der Waals surface area contributed by atoms with Crippen molar-refractivity contribution in [1.29, 1.82) is 0 Å². The van der Waals surface area contributed by atoms with E-state index in [2.05, 4.69) is 19.1 Å². The number of allylic oxidation sites excluding steroid dienone is 1. The van der Waals surface area contributed by atoms with Crippen LogP contribution in [0, 0.1) is 0 Å². The van der Waals surface area contributed by atoms with Gasteiger partial charge >= 0.3 is 0 Å². The van der Waals surface area contributed by atoms with Crippen LogP contribution in [-0.4, -0.2) is 10.7 Å². The second-order valence-electron chi connectivity index (χ2n) is 5.22. The molecule has 0 radical (unpaired) electrons. The van der Waals surface area contributed by atoms with Gasteiger partial charge in [0, 0.05) is 0 Å². The van der Waals surface area contributed by atoms with Gasteiger partial charge in [-0.3, -0.25) is 0 Å². The maximum atomic E-state index is 10.5. The molecule has 0 heterocycles. The number of benzene rings is 1. The van der Waals surface area contributed by atoms with Gasteiger partial charge in [-0.15, -0.1) is 0 Å². The quantitative estimate of drug-likeness (QED) is 0.823. The van der Waals surface area contributed by atoms with E-state index in [1.807, 2.05) is 25.1 Å². The molecule has 0 amide bonds. The largest absolute Gasteiger partial charge is 0.385 e. The van der Waals surface area contributed by atoms with Crippen LogP contribution in [0.25, 0.3) is 5.57 Å². The number of aliphatic hydroxyl groups is 1. The Kier molecular flexibility index (Phi) is 3.68. The van der Waals surface area contributed by atoms with Gasteiger partial charge in [0.15, 0.2) is 0 Å². The van der Waals surface area contributed by atoms with E-state index in [1.165, 1.54) is 29.6 Å². The van der Waals surface area contributed by atoms with E-state index < -0.39 is 5.60 Å². The summed E-state index contributed by atoms with van der Waals surface area (Å²) in [7, 11) is 0. The highest BCUT2D eigenvalue weighted by Gasteiger charge is 2.34. The van der Waals surface area contributed by atoms with E-state index in [-0.39, 0.29) is 0 Å². The van der Waals surface area contributed by atoms with Crippen LogP contribution >= 0.6 is 0 Å². The average Bonchev–Trinajstić information content (AvgIpc) is 2.63. The number of hydrogen-bond donors (Lipinski definition) is 1. The summed E-state index contributed by atoms with van der Waals surface area (Å²) in [5.74, 6) is 0. The molecule has 0 fully saturated rings. The lowest BCUT2D eigenvalue weighted by atomic mass is 9.90. The summed E-state index contributed by atoms with van der Waals surface area (Å²) in [5.41, 5.74) is 3.21. The van der Waals surface area contributed by atoms with Crippen molar-refractivity contribution in [2.24, 2.45) is 0 Å². The second kappa shape index (κ2) is 5.05. The molecular formula is C16H22O. The first kappa shape index (κ1) is 12.4. The summed E-state index contributed by atoms with van der Waals surface area (Å²) in [6, 6.07) is 10.4. The number of rotatable bonds is 4. The minimum atomic E-state index is -0.634. The molecule has 2 rings (SSSR count). The van der Waals surface area contributed by atoms with Crippen molar-refractivity contribution in [2.75, 3.05) is 0 Å². The van der Waals surface area contributed by atoms with Crippen molar-refractivity contribution < 1.29 is 5.11 Å². The van der Waals surface area contributed by atoms with E-state index in [4.69, 9.17) is 0 Å². The van der Waals surface area contributed by atoms with Crippen LogP contribution in [-0.2, 0) is 0 Å². The molecule has 1 N–H and O–H groups in total. The third kappa shape index (κ3) is 2.61. The van der Waals surface area contributed by atoms with Crippen LogP contribution in [0.2, 0.25) is 0 Å². The predicted octanol–water partition coefficient (Wildman–Crippen LogP) is 4.18. The van der Waals surface area contributed by atoms with Crippen LogP contribution in [0.5, 0.6) is 0 Å². The van der Waals surface area contributed by atoms with Gasteiger partial charge in [-0.2, -0.15) is 0 Å². The predicted molar refractivity (Wildman–Crippen MR) is 72.7 cm³/mol. The Morgan fingerprint density at radius 3 is 2.59 bits per heavy atom. The maximum absolute atomic E-state index is 10.5. The van der Waals surface area contributed by atoms with Gasteiger partial charge in [0.2, 0.25) is 0 Å². The van der Waals surface area contributed by atoms with Gasteiger partial charge in [-0.25, -0.2) is 0 Å². The molecule has 17 heavy (non-hydrogen) atoms. The van der Waals surface area contributed by atoms with E-state index in [9.17, 15) is 5.11 Å². The van der Waals surface area contributed by atoms with Crippen LogP contribution < -0.4 is 0 Å². The highest BCUT2D eigenvalue weighted by atomic mass is 16.3. The van der Waals surface area contributed by atoms with Gasteiger partial charge < -0.3 is 5.11 Å². The Labute approximate surface area is 104 Å². The van der Waals surface area contributed by atoms with Crippen molar-refractivity contribution in [1.82, 2.24) is 0 Å². The smallest absolute Gasteiger partial charge is 0.0876 e. The summed E-state index contributed by atoms with van der Waals surface area (Å²) in [5, 5.41) is 10.5. The molecular weight excluding hydrogens is 208 g/mol. The first-order valence-electron chi connectivity index (χ1n) is 6.65. The van der Waals surface area contributed by atoms with E-state index in [1.54, 1.807) is 0 Å². The minimum Gasteiger partial charge on any atom is -0.385 e. The summed E-state index contributed by atoms with van der Waals surface area (Å²) in [6.07, 6.45) is 5.50. The highest BCUT2D eigenvalue weighted by molar-refractivity contribution is 5.76. The third-order valence-electron chi connectivity index (χ3n) is 3.70. The van der Waals surface area contributed by atoms with Gasteiger partial charge in [0.25, 0.3) is 0 Å². The van der Waals surface area contributed by atoms with E-state index in [0.29, 0.717) is 0 Å².